The van der Waals surface area contributed by atoms with Gasteiger partial charge in [0.2, 0.25) is 11.8 Å². The molecular weight excluding hydrogens is 1070 g/mol. The highest BCUT2D eigenvalue weighted by Gasteiger charge is 1.89. The first-order chi connectivity index (χ1) is 29.4. The minimum atomic E-state index is -0.657. The van der Waals surface area contributed by atoms with Crippen LogP contribution in [0.15, 0.2) is 0 Å². The molecule has 0 radical (unpaired) electrons. The molecule has 492 valence electrons. The van der Waals surface area contributed by atoms with Crippen LogP contribution in [0.4, 0.5) is 19.2 Å². The number of amides is 6. The molecule has 0 heterocycles. The Labute approximate surface area is 491 Å². The number of thioether (sulfide) groups is 3. The molecule has 0 fully saturated rings. The molecule has 0 unspecified atom stereocenters. The minimum Gasteiger partial charge on any atom is -0.469 e. The summed E-state index contributed by atoms with van der Waals surface area (Å²) in [6, 6.07) is -0.157. The van der Waals surface area contributed by atoms with Crippen LogP contribution in [0, 0.1) is 0 Å². The predicted octanol–water partition coefficient (Wildman–Crippen LogP) is 11.7. The molecule has 0 saturated heterocycles. The number of methoxy groups -OCH3 is 7. The number of esters is 2. The summed E-state index contributed by atoms with van der Waals surface area (Å²) in [6.07, 6.45) is 6.14. The first-order valence-corrected chi connectivity index (χ1v) is 21.4. The van der Waals surface area contributed by atoms with Gasteiger partial charge in [-0.1, -0.05) is 120 Å². The maximum Gasteiger partial charge on any atom is 0.507 e. The number of Topliss-reactive ketones (excluding diaryl/α,β-unsaturated/α-hetero) is 1. The normalized spacial score (nSPS) is 5.74. The van der Waals surface area contributed by atoms with Crippen molar-refractivity contribution in [3.8, 4) is 0 Å². The number of ketones is 1. The van der Waals surface area contributed by atoms with Crippen LogP contribution in [-0.4, -0.2) is 188 Å². The molecule has 0 aromatic carbocycles. The molecule has 27 heteroatoms. The number of hydrogen-bond donors (Lipinski definition) is 6. The van der Waals surface area contributed by atoms with Crippen LogP contribution in [0.2, 0.25) is 0 Å². The molecule has 0 spiro atoms. The second kappa shape index (κ2) is 180. The van der Waals surface area contributed by atoms with Crippen molar-refractivity contribution in [3.63, 3.8) is 0 Å². The van der Waals surface area contributed by atoms with E-state index in [9.17, 15) is 52.7 Å². The van der Waals surface area contributed by atoms with Crippen molar-refractivity contribution in [1.29, 1.82) is 0 Å². The summed E-state index contributed by atoms with van der Waals surface area (Å²) in [4.78, 5) is 107. The van der Waals surface area contributed by atoms with Gasteiger partial charge < -0.3 is 69.9 Å². The molecule has 0 saturated carbocycles. The number of ether oxygens (including phenoxy) is 7. The fourth-order valence-corrected chi connectivity index (χ4v) is 0.412. The molecule has 0 aliphatic heterocycles. The maximum atomic E-state index is 9.96. The van der Waals surface area contributed by atoms with Crippen molar-refractivity contribution in [3.05, 3.63) is 0 Å². The fourth-order valence-electron chi connectivity index (χ4n) is 0.412. The number of carbonyl (C=O) groups is 11. The van der Waals surface area contributed by atoms with E-state index in [0.29, 0.717) is 0 Å². The van der Waals surface area contributed by atoms with Crippen molar-refractivity contribution in [2.75, 3.05) is 124 Å². The summed E-state index contributed by atoms with van der Waals surface area (Å²) in [7, 11) is 20.4. The number of nitrogens with one attached hydrogen (secondary N) is 6. The molecule has 6 amide bonds. The Balaban J connectivity index is -0.0000000151. The largest absolute Gasteiger partial charge is 0.507 e. The van der Waals surface area contributed by atoms with Crippen molar-refractivity contribution < 1.29 is 85.9 Å². The van der Waals surface area contributed by atoms with E-state index in [4.69, 9.17) is 0 Å². The van der Waals surface area contributed by atoms with E-state index in [2.05, 4.69) is 65.1 Å². The van der Waals surface area contributed by atoms with Crippen LogP contribution >= 0.6 is 35.3 Å². The Morgan fingerprint density at radius 1 is 0.312 bits per heavy atom. The first-order valence-electron chi connectivity index (χ1n) is 17.3. The molecule has 6 N–H and O–H groups in total. The van der Waals surface area contributed by atoms with Gasteiger partial charge in [0.05, 0.1) is 42.7 Å². The van der Waals surface area contributed by atoms with E-state index in [1.54, 1.807) is 80.5 Å². The number of urea groups is 1. The van der Waals surface area contributed by atoms with E-state index in [1.807, 2.05) is 12.5 Å². The van der Waals surface area contributed by atoms with Gasteiger partial charge in [0.25, 0.3) is 0 Å². The van der Waals surface area contributed by atoms with Gasteiger partial charge in [-0.25, -0.2) is 19.2 Å². The SMILES string of the molecule is C.C.C.C.C.C.C.C.C.C.C.C.C.CC(C)=O.CNC(=O)NC.CNC(=O)OC.CNC(=O)OC.CNC(C)=O.CNC(C)=O.COC.COC(=O)OC.COC(C)=O.COC(C)=O.CSC.CSC(C)=O.CSC(C)=O. The van der Waals surface area contributed by atoms with Crippen LogP contribution in [0.5, 0.6) is 0 Å². The summed E-state index contributed by atoms with van der Waals surface area (Å²) in [5, 5.41) is 14.4. The lowest BCUT2D eigenvalue weighted by Gasteiger charge is -1.91. The van der Waals surface area contributed by atoms with Crippen molar-refractivity contribution in [2.24, 2.45) is 0 Å². The summed E-state index contributed by atoms with van der Waals surface area (Å²) in [5.74, 6) is -0.315. The van der Waals surface area contributed by atoms with Gasteiger partial charge >= 0.3 is 36.3 Å². The topological polar surface area (TPSA) is 325 Å². The Morgan fingerprint density at radius 2 is 0.442 bits per heavy atom. The smallest absolute Gasteiger partial charge is 0.469 e. The molecule has 0 aliphatic rings. The highest BCUT2D eigenvalue weighted by molar-refractivity contribution is 8.13. The van der Waals surface area contributed by atoms with E-state index >= 15 is 0 Å². The van der Waals surface area contributed by atoms with Gasteiger partial charge in [-0.3, -0.25) is 28.8 Å². The van der Waals surface area contributed by atoms with E-state index < -0.39 is 18.3 Å². The van der Waals surface area contributed by atoms with Crippen molar-refractivity contribution >= 4 is 99.4 Å². The first kappa shape index (κ1) is 172. The summed E-state index contributed by atoms with van der Waals surface area (Å²) in [6.45, 7) is 11.8. The van der Waals surface area contributed by atoms with E-state index in [-0.39, 0.29) is 142 Å². The third-order valence-electron chi connectivity index (χ3n) is 3.42. The zero-order chi connectivity index (χ0) is 54.7. The van der Waals surface area contributed by atoms with Crippen LogP contribution in [0.1, 0.15) is 152 Å². The third-order valence-corrected chi connectivity index (χ3v) is 4.57. The predicted molar refractivity (Wildman–Crippen MR) is 345 cm³/mol. The molecule has 0 atom stereocenters. The molecule has 0 aromatic heterocycles. The highest BCUT2D eigenvalue weighted by atomic mass is 32.2. The van der Waals surface area contributed by atoms with Crippen LogP contribution in [-0.2, 0) is 66.7 Å². The second-order valence-electron chi connectivity index (χ2n) is 9.09. The summed E-state index contributed by atoms with van der Waals surface area (Å²) in [5.41, 5.74) is 0. The standard InChI is InChI=1S/C3H8N2O.2C3H7NO2.2C3H7NO.C3H6O3.2C3H6O2.2C3H6OS.C3H6O.C2H6O.C2H6S.13CH4/c1-4-3(6)5-2;2*1-4-3(5)6-2;2*1-3(5)4-2;1-5-3(4)6-2;4*1-3(4)5-2;1-3(2)4;2*1-3-2;;;;;;;;;;;;;/h1-2H3,(H2,4,5,6);2*1-2H3,(H,4,5);2*1-2H3,(H,4,5);1-2H3;4*1-2H3;1-2H3;2*1-2H3;13*1H4. The van der Waals surface area contributed by atoms with Crippen LogP contribution < -0.4 is 31.9 Å². The summed E-state index contributed by atoms with van der Waals surface area (Å²) >= 11 is 4.23. The van der Waals surface area contributed by atoms with E-state index in [0.717, 1.165) is 0 Å². The van der Waals surface area contributed by atoms with Crippen molar-refractivity contribution in [1.82, 2.24) is 31.9 Å². The van der Waals surface area contributed by atoms with Gasteiger partial charge in [0.1, 0.15) is 5.78 Å². The Morgan fingerprint density at radius 3 is 0.442 bits per heavy atom. The minimum absolute atomic E-state index is 0. The number of hydrogen-bond acceptors (Lipinski definition) is 21. The zero-order valence-electron chi connectivity index (χ0n) is 43.1. The van der Waals surface area contributed by atoms with Crippen molar-refractivity contribution in [2.45, 2.75) is 152 Å². The fraction of sp³-hybridized carbons (Fsp3) is 0.780. The Hall–Kier alpha value is -5.02. The van der Waals surface area contributed by atoms with Crippen LogP contribution in [0.25, 0.3) is 0 Å². The van der Waals surface area contributed by atoms with Gasteiger partial charge in [0, 0.05) is 98.0 Å². The average Bonchev–Trinajstić information content (AvgIpc) is 3.27. The molecular formula is C50H136N6O18S3. The lowest BCUT2D eigenvalue weighted by Crippen LogP contribution is -2.28. The zero-order valence-corrected chi connectivity index (χ0v) is 45.5. The van der Waals surface area contributed by atoms with Gasteiger partial charge in [0.15, 0.2) is 10.2 Å². The average molecular weight is 1210 g/mol. The third kappa shape index (κ3) is 640. The van der Waals surface area contributed by atoms with Gasteiger partial charge in [-0.05, 0) is 38.9 Å². The molecule has 0 bridgehead atoms. The quantitative estimate of drug-likeness (QED) is 0.0969. The van der Waals surface area contributed by atoms with Gasteiger partial charge in [-0.15, -0.1) is 0 Å². The maximum absolute atomic E-state index is 9.96. The Bertz CT molecular complexity index is 901. The second-order valence-corrected chi connectivity index (χ2v) is 11.9. The summed E-state index contributed by atoms with van der Waals surface area (Å²) < 4.78 is 28.8. The molecule has 0 aliphatic carbocycles. The lowest BCUT2D eigenvalue weighted by molar-refractivity contribution is -0.138. The molecule has 0 aromatic rings. The lowest BCUT2D eigenvalue weighted by atomic mass is 10.6. The Kier molecular flexibility index (Phi) is 400. The molecule has 24 nitrogen and oxygen atoms in total. The number of carbonyl (C=O) groups excluding carboxylic acids is 11. The van der Waals surface area contributed by atoms with Crippen LogP contribution in [0.3, 0.4) is 0 Å². The number of alkyl carbamates (subject to hydrolysis) is 2. The van der Waals surface area contributed by atoms with E-state index in [1.165, 1.54) is 122 Å². The molecule has 0 rings (SSSR count). The highest BCUT2D eigenvalue weighted by Crippen LogP contribution is 1.89. The number of rotatable bonds is 0. The monoisotopic (exact) mass is 1200 g/mol. The van der Waals surface area contributed by atoms with Gasteiger partial charge in [-0.2, -0.15) is 11.8 Å². The molecule has 77 heavy (non-hydrogen) atoms.